The van der Waals surface area contributed by atoms with E-state index in [1.165, 1.54) is 19.2 Å². The van der Waals surface area contributed by atoms with Gasteiger partial charge < -0.3 is 18.6 Å². The van der Waals surface area contributed by atoms with Crippen molar-refractivity contribution in [2.75, 3.05) is 7.11 Å². The number of hydrogen-bond donors (Lipinski definition) is 0. The van der Waals surface area contributed by atoms with Crippen LogP contribution in [0.2, 0.25) is 0 Å². The molecule has 1 aliphatic carbocycles. The molecule has 2 heterocycles. The molecule has 0 radical (unpaired) electrons. The van der Waals surface area contributed by atoms with E-state index in [4.69, 9.17) is 18.6 Å². The normalized spacial score (nSPS) is 17.5. The van der Waals surface area contributed by atoms with Gasteiger partial charge in [-0.25, -0.2) is 13.8 Å². The molecule has 2 aliphatic rings. The Morgan fingerprint density at radius 1 is 0.943 bits per heavy atom. The number of ether oxygens (including phenoxy) is 3. The largest absolute Gasteiger partial charge is 0.497 e. The number of nitrogens with zero attached hydrogens (tertiary/aromatic N) is 1. The zero-order valence-electron chi connectivity index (χ0n) is 18.4. The number of rotatable bonds is 4. The van der Waals surface area contributed by atoms with E-state index in [0.717, 1.165) is 10.1 Å². The minimum Gasteiger partial charge on any atom is -0.497 e. The van der Waals surface area contributed by atoms with Crippen LogP contribution in [0.25, 0.3) is 17.0 Å². The highest BCUT2D eigenvalue weighted by molar-refractivity contribution is 5.71. The lowest BCUT2D eigenvalue weighted by Gasteiger charge is -2.27. The maximum Gasteiger partial charge on any atom is 0.426 e. The van der Waals surface area contributed by atoms with E-state index in [2.05, 4.69) is 0 Å². The third kappa shape index (κ3) is 3.33. The fourth-order valence-electron chi connectivity index (χ4n) is 4.55. The molecule has 2 unspecified atom stereocenters. The van der Waals surface area contributed by atoms with Crippen molar-refractivity contribution >= 4 is 0 Å². The third-order valence-electron chi connectivity index (χ3n) is 6.16. The second-order valence-corrected chi connectivity index (χ2v) is 8.12. The van der Waals surface area contributed by atoms with Crippen LogP contribution in [-0.4, -0.2) is 11.7 Å². The van der Waals surface area contributed by atoms with Crippen LogP contribution in [0.5, 0.6) is 11.5 Å². The van der Waals surface area contributed by atoms with E-state index in [1.807, 2.05) is 12.1 Å². The fraction of sp³-hybridized carbons (Fsp3) is 0.111. The molecule has 7 nitrogen and oxygen atoms in total. The lowest BCUT2D eigenvalue weighted by atomic mass is 9.81. The van der Waals surface area contributed by atoms with Gasteiger partial charge in [0, 0.05) is 17.2 Å². The van der Waals surface area contributed by atoms with Crippen LogP contribution >= 0.6 is 0 Å². The number of aromatic nitrogens is 1. The Kier molecular flexibility index (Phi) is 4.81. The van der Waals surface area contributed by atoms with Gasteiger partial charge in [0.15, 0.2) is 11.6 Å². The van der Waals surface area contributed by atoms with Gasteiger partial charge >= 0.3 is 5.76 Å². The summed E-state index contributed by atoms with van der Waals surface area (Å²) in [7, 11) is 1.53. The Labute approximate surface area is 198 Å². The number of hydrogen-bond acceptors (Lipinski definition) is 6. The molecule has 0 saturated heterocycles. The van der Waals surface area contributed by atoms with Crippen LogP contribution in [-0.2, 0) is 4.74 Å². The van der Waals surface area contributed by atoms with Crippen LogP contribution in [0.15, 0.2) is 98.8 Å². The summed E-state index contributed by atoms with van der Waals surface area (Å²) in [5, 5.41) is 0. The standard InChI is InChI=1S/C27H18FNO6/c1-32-16-12-10-15(11-13-16)29-26(30)23-19-14-22(33-21-9-5-4-8-20(21)28)34-24(19)17-6-2-3-7-18(17)25(23)35-27(29)31/h2-14,19,24H,1H3. The summed E-state index contributed by atoms with van der Waals surface area (Å²) in [6.45, 7) is 0. The molecule has 6 rings (SSSR count). The Morgan fingerprint density at radius 3 is 2.46 bits per heavy atom. The molecular weight excluding hydrogens is 453 g/mol. The average Bonchev–Trinajstić information content (AvgIpc) is 3.29. The van der Waals surface area contributed by atoms with Crippen molar-refractivity contribution in [1.82, 2.24) is 4.57 Å². The predicted molar refractivity (Wildman–Crippen MR) is 124 cm³/mol. The van der Waals surface area contributed by atoms with Gasteiger partial charge in [0.25, 0.3) is 11.5 Å². The van der Waals surface area contributed by atoms with E-state index in [-0.39, 0.29) is 23.0 Å². The van der Waals surface area contributed by atoms with Crippen molar-refractivity contribution in [3.05, 3.63) is 123 Å². The third-order valence-corrected chi connectivity index (χ3v) is 6.16. The first-order valence-electron chi connectivity index (χ1n) is 10.9. The highest BCUT2D eigenvalue weighted by atomic mass is 19.1. The molecule has 1 aromatic heterocycles. The highest BCUT2D eigenvalue weighted by Gasteiger charge is 2.43. The van der Waals surface area contributed by atoms with Crippen LogP contribution in [0.1, 0.15) is 23.1 Å². The topological polar surface area (TPSA) is 79.9 Å². The van der Waals surface area contributed by atoms with Gasteiger partial charge in [0.05, 0.1) is 24.3 Å². The summed E-state index contributed by atoms with van der Waals surface area (Å²) in [4.78, 5) is 26.7. The van der Waals surface area contributed by atoms with Gasteiger partial charge in [-0.3, -0.25) is 4.79 Å². The van der Waals surface area contributed by atoms with E-state index in [1.54, 1.807) is 54.6 Å². The molecule has 0 fully saturated rings. The Bertz CT molecular complexity index is 1600. The van der Waals surface area contributed by atoms with Crippen LogP contribution < -0.4 is 20.8 Å². The Morgan fingerprint density at radius 2 is 1.69 bits per heavy atom. The summed E-state index contributed by atoms with van der Waals surface area (Å²) in [6, 6.07) is 19.7. The van der Waals surface area contributed by atoms with Crippen molar-refractivity contribution in [2.45, 2.75) is 12.0 Å². The van der Waals surface area contributed by atoms with E-state index < -0.39 is 29.2 Å². The van der Waals surface area contributed by atoms with Crippen molar-refractivity contribution in [2.24, 2.45) is 0 Å². The number of para-hydroxylation sites is 1. The zero-order chi connectivity index (χ0) is 24.1. The minimum absolute atomic E-state index is 0.00106. The van der Waals surface area contributed by atoms with Crippen molar-refractivity contribution < 1.29 is 23.0 Å². The molecule has 0 N–H and O–H groups in total. The number of halogens is 1. The van der Waals surface area contributed by atoms with Crippen LogP contribution in [0, 0.1) is 5.82 Å². The molecule has 1 aliphatic heterocycles. The first kappa shape index (κ1) is 21.0. The number of benzene rings is 3. The molecule has 4 aromatic rings. The van der Waals surface area contributed by atoms with Gasteiger partial charge in [0.1, 0.15) is 17.6 Å². The second-order valence-electron chi connectivity index (χ2n) is 8.12. The summed E-state index contributed by atoms with van der Waals surface area (Å²) >= 11 is 0. The molecule has 174 valence electrons. The fourth-order valence-corrected chi connectivity index (χ4v) is 4.55. The first-order chi connectivity index (χ1) is 17.0. The molecule has 0 bridgehead atoms. The van der Waals surface area contributed by atoms with Crippen LogP contribution in [0.4, 0.5) is 4.39 Å². The van der Waals surface area contributed by atoms with Crippen LogP contribution in [0.3, 0.4) is 0 Å². The summed E-state index contributed by atoms with van der Waals surface area (Å²) < 4.78 is 37.8. The lowest BCUT2D eigenvalue weighted by Crippen LogP contribution is -2.36. The molecule has 0 spiro atoms. The first-order valence-corrected chi connectivity index (χ1v) is 10.9. The molecule has 0 saturated carbocycles. The maximum absolute atomic E-state index is 14.2. The molecule has 0 amide bonds. The summed E-state index contributed by atoms with van der Waals surface area (Å²) in [5.74, 6) is -1.12. The lowest BCUT2D eigenvalue weighted by molar-refractivity contribution is 0.0583. The van der Waals surface area contributed by atoms with Crippen molar-refractivity contribution in [3.63, 3.8) is 0 Å². The Hall–Kier alpha value is -4.59. The van der Waals surface area contributed by atoms with E-state index >= 15 is 0 Å². The highest BCUT2D eigenvalue weighted by Crippen LogP contribution is 2.51. The Balaban J connectivity index is 1.52. The number of fused-ring (bicyclic) bond motifs is 6. The average molecular weight is 471 g/mol. The second kappa shape index (κ2) is 8.02. The van der Waals surface area contributed by atoms with Gasteiger partial charge in [-0.15, -0.1) is 0 Å². The summed E-state index contributed by atoms with van der Waals surface area (Å²) in [6.07, 6.45) is 1.01. The number of methoxy groups -OCH3 is 1. The zero-order valence-corrected chi connectivity index (χ0v) is 18.4. The molecule has 35 heavy (non-hydrogen) atoms. The van der Waals surface area contributed by atoms with E-state index in [0.29, 0.717) is 17.0 Å². The smallest absolute Gasteiger partial charge is 0.426 e. The molecule has 2 atom stereocenters. The molecule has 3 aromatic carbocycles. The van der Waals surface area contributed by atoms with Crippen molar-refractivity contribution in [3.8, 4) is 28.5 Å². The summed E-state index contributed by atoms with van der Waals surface area (Å²) in [5.41, 5.74) is 1.39. The molecular formula is C27H18FNO6. The SMILES string of the molecule is COc1ccc(-n2c(=O)oc3c(c2=O)C2C=C(Oc4ccccc4F)OC2c2ccccc2-3)cc1. The molecule has 8 heteroatoms. The van der Waals surface area contributed by atoms with E-state index in [9.17, 15) is 14.0 Å². The maximum atomic E-state index is 14.2. The quantitative estimate of drug-likeness (QED) is 0.430. The van der Waals surface area contributed by atoms with Gasteiger partial charge in [-0.05, 0) is 36.4 Å². The monoisotopic (exact) mass is 471 g/mol. The van der Waals surface area contributed by atoms with Crippen molar-refractivity contribution in [1.29, 1.82) is 0 Å². The van der Waals surface area contributed by atoms with Gasteiger partial charge in [0.2, 0.25) is 0 Å². The van der Waals surface area contributed by atoms with Gasteiger partial charge in [-0.1, -0.05) is 36.4 Å². The van der Waals surface area contributed by atoms with Gasteiger partial charge in [-0.2, -0.15) is 0 Å². The predicted octanol–water partition coefficient (Wildman–Crippen LogP) is 4.69. The minimum atomic E-state index is -0.808.